The summed E-state index contributed by atoms with van der Waals surface area (Å²) < 4.78 is 36.7. The predicted octanol–water partition coefficient (Wildman–Crippen LogP) is 4.81. The zero-order valence-corrected chi connectivity index (χ0v) is 21.0. The number of halogens is 1. The van der Waals surface area contributed by atoms with Gasteiger partial charge >= 0.3 is 0 Å². The van der Waals surface area contributed by atoms with Crippen LogP contribution in [0.25, 0.3) is 0 Å². The highest BCUT2D eigenvalue weighted by Gasteiger charge is 2.19. The molecule has 3 rings (SSSR count). The third kappa shape index (κ3) is 6.21. The molecule has 3 aromatic carbocycles. The summed E-state index contributed by atoms with van der Waals surface area (Å²) in [6.07, 6.45) is 1.14. The lowest BCUT2D eigenvalue weighted by Gasteiger charge is -2.23. The van der Waals surface area contributed by atoms with E-state index >= 15 is 0 Å². The van der Waals surface area contributed by atoms with Gasteiger partial charge in [0.1, 0.15) is 11.5 Å². The lowest BCUT2D eigenvalue weighted by Crippen LogP contribution is -2.29. The third-order valence-electron chi connectivity index (χ3n) is 5.29. The summed E-state index contributed by atoms with van der Waals surface area (Å²) in [5, 5.41) is 3.40. The number of hydrogen-bond acceptors (Lipinski definition) is 5. The molecule has 0 spiro atoms. The Kier molecular flexibility index (Phi) is 8.06. The van der Waals surface area contributed by atoms with E-state index < -0.39 is 10.0 Å². The second-order valence-corrected chi connectivity index (χ2v) is 10.1. The van der Waals surface area contributed by atoms with Crippen LogP contribution >= 0.6 is 11.6 Å². The average molecular weight is 503 g/mol. The summed E-state index contributed by atoms with van der Waals surface area (Å²) in [6, 6.07) is 18.5. The lowest BCUT2D eigenvalue weighted by atomic mass is 10.1. The van der Waals surface area contributed by atoms with E-state index in [1.54, 1.807) is 74.9 Å². The number of methoxy groups -OCH3 is 2. The SMILES string of the molecule is COc1ccc(OC)c([C@H](C)NC(=O)c2ccc(CN(c3cccc(Cl)c3)S(C)(=O)=O)cc2)c1. The molecule has 0 unspecified atom stereocenters. The minimum Gasteiger partial charge on any atom is -0.497 e. The van der Waals surface area contributed by atoms with Crippen LogP contribution in [0.5, 0.6) is 11.5 Å². The number of benzene rings is 3. The van der Waals surface area contributed by atoms with Gasteiger partial charge < -0.3 is 14.8 Å². The Morgan fingerprint density at radius 3 is 2.32 bits per heavy atom. The summed E-state index contributed by atoms with van der Waals surface area (Å²) in [7, 11) is -0.397. The molecule has 1 amide bonds. The molecule has 0 saturated carbocycles. The van der Waals surface area contributed by atoms with E-state index in [0.717, 1.165) is 17.4 Å². The van der Waals surface area contributed by atoms with Crippen LogP contribution in [0.2, 0.25) is 5.02 Å². The molecule has 3 aromatic rings. The fourth-order valence-corrected chi connectivity index (χ4v) is 4.56. The van der Waals surface area contributed by atoms with E-state index in [1.807, 2.05) is 13.0 Å². The van der Waals surface area contributed by atoms with Crippen LogP contribution in [0.4, 0.5) is 5.69 Å². The van der Waals surface area contributed by atoms with Crippen molar-refractivity contribution in [2.24, 2.45) is 0 Å². The minimum absolute atomic E-state index is 0.110. The average Bonchev–Trinajstić information content (AvgIpc) is 2.81. The fraction of sp³-hybridized carbons (Fsp3) is 0.240. The number of anilines is 1. The first-order chi connectivity index (χ1) is 16.1. The molecule has 0 aliphatic rings. The number of nitrogens with one attached hydrogen (secondary N) is 1. The Hall–Kier alpha value is -3.23. The number of hydrogen-bond donors (Lipinski definition) is 1. The summed E-state index contributed by atoms with van der Waals surface area (Å²) >= 11 is 6.04. The van der Waals surface area contributed by atoms with Crippen molar-refractivity contribution in [3.8, 4) is 11.5 Å². The van der Waals surface area contributed by atoms with Crippen molar-refractivity contribution in [2.75, 3.05) is 24.8 Å². The summed E-state index contributed by atoms with van der Waals surface area (Å²) in [5.74, 6) is 1.04. The molecule has 0 heterocycles. The van der Waals surface area contributed by atoms with Gasteiger partial charge in [0.05, 0.1) is 38.7 Å². The van der Waals surface area contributed by atoms with Gasteiger partial charge in [0.2, 0.25) is 10.0 Å². The summed E-state index contributed by atoms with van der Waals surface area (Å²) in [4.78, 5) is 12.8. The Morgan fingerprint density at radius 2 is 1.74 bits per heavy atom. The smallest absolute Gasteiger partial charge is 0.251 e. The van der Waals surface area contributed by atoms with E-state index in [1.165, 1.54) is 4.31 Å². The van der Waals surface area contributed by atoms with Crippen LogP contribution in [0.1, 0.15) is 34.5 Å². The monoisotopic (exact) mass is 502 g/mol. The Bertz CT molecular complexity index is 1260. The largest absolute Gasteiger partial charge is 0.497 e. The second kappa shape index (κ2) is 10.8. The number of sulfonamides is 1. The van der Waals surface area contributed by atoms with E-state index in [9.17, 15) is 13.2 Å². The van der Waals surface area contributed by atoms with Gasteiger partial charge in [-0.05, 0) is 61.0 Å². The highest BCUT2D eigenvalue weighted by atomic mass is 35.5. The van der Waals surface area contributed by atoms with Gasteiger partial charge in [-0.3, -0.25) is 9.10 Å². The number of amides is 1. The van der Waals surface area contributed by atoms with Gasteiger partial charge in [0, 0.05) is 16.1 Å². The van der Waals surface area contributed by atoms with E-state index in [0.29, 0.717) is 27.8 Å². The quantitative estimate of drug-likeness (QED) is 0.453. The van der Waals surface area contributed by atoms with Gasteiger partial charge in [-0.2, -0.15) is 0 Å². The molecule has 34 heavy (non-hydrogen) atoms. The Morgan fingerprint density at radius 1 is 1.03 bits per heavy atom. The molecule has 1 N–H and O–H groups in total. The van der Waals surface area contributed by atoms with Crippen molar-refractivity contribution < 1.29 is 22.7 Å². The molecule has 9 heteroatoms. The van der Waals surface area contributed by atoms with Gasteiger partial charge in [0.15, 0.2) is 0 Å². The summed E-state index contributed by atoms with van der Waals surface area (Å²) in [5.41, 5.74) is 2.44. The van der Waals surface area contributed by atoms with Crippen molar-refractivity contribution in [2.45, 2.75) is 19.5 Å². The Labute approximate surface area is 205 Å². The third-order valence-corrected chi connectivity index (χ3v) is 6.67. The first kappa shape index (κ1) is 25.4. The van der Waals surface area contributed by atoms with Gasteiger partial charge in [-0.15, -0.1) is 0 Å². The molecule has 0 aromatic heterocycles. The zero-order valence-electron chi connectivity index (χ0n) is 19.4. The maximum atomic E-state index is 12.8. The minimum atomic E-state index is -3.55. The van der Waals surface area contributed by atoms with Crippen molar-refractivity contribution in [3.05, 3.63) is 88.4 Å². The molecule has 7 nitrogen and oxygen atoms in total. The number of carbonyl (C=O) groups is 1. The molecule has 0 aliphatic heterocycles. The standard InChI is InChI=1S/C25H27ClN2O5S/c1-17(23-15-22(32-2)12-13-24(23)33-3)27-25(29)19-10-8-18(9-11-19)16-28(34(4,30)31)21-7-5-6-20(26)14-21/h5-15,17H,16H2,1-4H3,(H,27,29)/t17-/m0/s1. The lowest BCUT2D eigenvalue weighted by molar-refractivity contribution is 0.0939. The number of ether oxygens (including phenoxy) is 2. The zero-order chi connectivity index (χ0) is 24.9. The van der Waals surface area contributed by atoms with Crippen LogP contribution in [0.3, 0.4) is 0 Å². The fourth-order valence-electron chi connectivity index (χ4n) is 3.49. The normalized spacial score (nSPS) is 12.0. The van der Waals surface area contributed by atoms with E-state index in [2.05, 4.69) is 5.32 Å². The maximum Gasteiger partial charge on any atom is 0.251 e. The van der Waals surface area contributed by atoms with E-state index in [-0.39, 0.29) is 18.5 Å². The molecule has 0 aliphatic carbocycles. The van der Waals surface area contributed by atoms with Gasteiger partial charge in [0.25, 0.3) is 5.91 Å². The Balaban J connectivity index is 1.75. The first-order valence-corrected chi connectivity index (χ1v) is 12.7. The van der Waals surface area contributed by atoms with Crippen LogP contribution in [-0.4, -0.2) is 34.8 Å². The highest BCUT2D eigenvalue weighted by Crippen LogP contribution is 2.29. The molecule has 0 bridgehead atoms. The van der Waals surface area contributed by atoms with Crippen LogP contribution < -0.4 is 19.1 Å². The van der Waals surface area contributed by atoms with Crippen LogP contribution in [0, 0.1) is 0 Å². The number of nitrogens with zero attached hydrogens (tertiary/aromatic N) is 1. The van der Waals surface area contributed by atoms with Crippen LogP contribution in [0.15, 0.2) is 66.7 Å². The molecule has 0 fully saturated rings. The molecule has 1 atom stereocenters. The number of rotatable bonds is 9. The molecule has 0 saturated heterocycles. The van der Waals surface area contributed by atoms with E-state index in [4.69, 9.17) is 21.1 Å². The molecular formula is C25H27ClN2O5S. The van der Waals surface area contributed by atoms with Crippen molar-refractivity contribution in [3.63, 3.8) is 0 Å². The molecule has 0 radical (unpaired) electrons. The van der Waals surface area contributed by atoms with Crippen LogP contribution in [-0.2, 0) is 16.6 Å². The predicted molar refractivity (Wildman–Crippen MR) is 134 cm³/mol. The highest BCUT2D eigenvalue weighted by molar-refractivity contribution is 7.92. The molecular weight excluding hydrogens is 476 g/mol. The first-order valence-electron chi connectivity index (χ1n) is 10.5. The van der Waals surface area contributed by atoms with Gasteiger partial charge in [-0.25, -0.2) is 8.42 Å². The van der Waals surface area contributed by atoms with Crippen molar-refractivity contribution in [1.82, 2.24) is 5.32 Å². The summed E-state index contributed by atoms with van der Waals surface area (Å²) in [6.45, 7) is 1.97. The van der Waals surface area contributed by atoms with Crippen molar-refractivity contribution in [1.29, 1.82) is 0 Å². The topological polar surface area (TPSA) is 84.9 Å². The van der Waals surface area contributed by atoms with Gasteiger partial charge in [-0.1, -0.05) is 29.8 Å². The molecule has 180 valence electrons. The second-order valence-electron chi connectivity index (χ2n) is 7.75. The maximum absolute atomic E-state index is 12.8. The number of carbonyl (C=O) groups excluding carboxylic acids is 1. The van der Waals surface area contributed by atoms with Crippen molar-refractivity contribution >= 4 is 33.2 Å².